The third kappa shape index (κ3) is 3.15. The molecule has 0 spiro atoms. The summed E-state index contributed by atoms with van der Waals surface area (Å²) in [6.07, 6.45) is 4.08. The van der Waals surface area contributed by atoms with Crippen molar-refractivity contribution in [1.29, 1.82) is 0 Å². The Morgan fingerprint density at radius 3 is 3.18 bits per heavy atom. The topological polar surface area (TPSA) is 54.5 Å². The van der Waals surface area contributed by atoms with E-state index in [0.29, 0.717) is 31.5 Å². The average molecular weight is 303 g/mol. The summed E-state index contributed by atoms with van der Waals surface area (Å²) in [5, 5.41) is 3.02. The SMILES string of the molecule is CC(C)N1C[C@H]2COC[C@@]2(CC(=O)NCc2cccnc2)C1. The lowest BCUT2D eigenvalue weighted by Gasteiger charge is -2.27. The first-order chi connectivity index (χ1) is 10.6. The molecule has 0 aromatic carbocycles. The summed E-state index contributed by atoms with van der Waals surface area (Å²) in [7, 11) is 0. The maximum Gasteiger partial charge on any atom is 0.220 e. The smallest absolute Gasteiger partial charge is 0.220 e. The van der Waals surface area contributed by atoms with Crippen LogP contribution in [0.25, 0.3) is 0 Å². The van der Waals surface area contributed by atoms with Crippen LogP contribution < -0.4 is 5.32 Å². The molecule has 1 aromatic rings. The van der Waals surface area contributed by atoms with Gasteiger partial charge in [-0.2, -0.15) is 0 Å². The van der Waals surface area contributed by atoms with Gasteiger partial charge >= 0.3 is 0 Å². The summed E-state index contributed by atoms with van der Waals surface area (Å²) in [4.78, 5) is 18.9. The first-order valence-corrected chi connectivity index (χ1v) is 8.06. The summed E-state index contributed by atoms with van der Waals surface area (Å²) in [6.45, 7) is 8.50. The van der Waals surface area contributed by atoms with Gasteiger partial charge in [-0.1, -0.05) is 6.07 Å². The predicted molar refractivity (Wildman–Crippen MR) is 84.2 cm³/mol. The Labute approximate surface area is 132 Å². The van der Waals surface area contributed by atoms with E-state index < -0.39 is 0 Å². The maximum atomic E-state index is 12.4. The van der Waals surface area contributed by atoms with Gasteiger partial charge < -0.3 is 10.1 Å². The van der Waals surface area contributed by atoms with E-state index in [1.807, 2.05) is 12.1 Å². The van der Waals surface area contributed by atoms with Crippen LogP contribution in [-0.2, 0) is 16.1 Å². The van der Waals surface area contributed by atoms with Gasteiger partial charge in [0.15, 0.2) is 0 Å². The number of carbonyl (C=O) groups excluding carboxylic acids is 1. The maximum absolute atomic E-state index is 12.4. The van der Waals surface area contributed by atoms with E-state index in [-0.39, 0.29) is 11.3 Å². The zero-order valence-electron chi connectivity index (χ0n) is 13.4. The first kappa shape index (κ1) is 15.4. The van der Waals surface area contributed by atoms with E-state index in [1.165, 1.54) is 0 Å². The molecule has 5 nitrogen and oxygen atoms in total. The van der Waals surface area contributed by atoms with Gasteiger partial charge in [-0.05, 0) is 25.5 Å². The summed E-state index contributed by atoms with van der Waals surface area (Å²) in [5.74, 6) is 0.601. The van der Waals surface area contributed by atoms with E-state index >= 15 is 0 Å². The predicted octanol–water partition coefficient (Wildman–Crippen LogP) is 1.44. The number of amides is 1. The van der Waals surface area contributed by atoms with Crippen molar-refractivity contribution < 1.29 is 9.53 Å². The van der Waals surface area contributed by atoms with Crippen LogP contribution in [-0.4, -0.2) is 48.1 Å². The Bertz CT molecular complexity index is 520. The number of nitrogens with one attached hydrogen (secondary N) is 1. The van der Waals surface area contributed by atoms with Crippen molar-refractivity contribution in [2.75, 3.05) is 26.3 Å². The highest BCUT2D eigenvalue weighted by atomic mass is 16.5. The van der Waals surface area contributed by atoms with E-state index in [9.17, 15) is 4.79 Å². The molecule has 2 saturated heterocycles. The highest BCUT2D eigenvalue weighted by Gasteiger charge is 2.51. The van der Waals surface area contributed by atoms with Gasteiger partial charge in [-0.15, -0.1) is 0 Å². The molecule has 2 fully saturated rings. The molecule has 5 heteroatoms. The molecular formula is C17H25N3O2. The van der Waals surface area contributed by atoms with Crippen LogP contribution >= 0.6 is 0 Å². The van der Waals surface area contributed by atoms with Crippen molar-refractivity contribution in [3.63, 3.8) is 0 Å². The third-order valence-corrected chi connectivity index (χ3v) is 5.00. The van der Waals surface area contributed by atoms with Crippen molar-refractivity contribution in [2.24, 2.45) is 11.3 Å². The second-order valence-corrected chi connectivity index (χ2v) is 6.91. The fourth-order valence-electron chi connectivity index (χ4n) is 3.60. The van der Waals surface area contributed by atoms with Crippen molar-refractivity contribution in [1.82, 2.24) is 15.2 Å². The van der Waals surface area contributed by atoms with Crippen LogP contribution in [0.1, 0.15) is 25.8 Å². The van der Waals surface area contributed by atoms with E-state index in [1.54, 1.807) is 12.4 Å². The Morgan fingerprint density at radius 1 is 1.59 bits per heavy atom. The summed E-state index contributed by atoms with van der Waals surface area (Å²) in [6, 6.07) is 4.39. The van der Waals surface area contributed by atoms with Crippen molar-refractivity contribution in [3.05, 3.63) is 30.1 Å². The molecule has 2 aliphatic heterocycles. The molecule has 3 rings (SSSR count). The zero-order valence-corrected chi connectivity index (χ0v) is 13.4. The lowest BCUT2D eigenvalue weighted by molar-refractivity contribution is -0.123. The van der Waals surface area contributed by atoms with E-state index in [2.05, 4.69) is 29.0 Å². The molecule has 1 aromatic heterocycles. The molecule has 0 unspecified atom stereocenters. The van der Waals surface area contributed by atoms with Crippen molar-refractivity contribution in [2.45, 2.75) is 32.9 Å². The number of nitrogens with zero attached hydrogens (tertiary/aromatic N) is 2. The Morgan fingerprint density at radius 2 is 2.45 bits per heavy atom. The van der Waals surface area contributed by atoms with Gasteiger partial charge in [-0.25, -0.2) is 0 Å². The number of hydrogen-bond donors (Lipinski definition) is 1. The number of rotatable bonds is 5. The molecule has 0 bridgehead atoms. The lowest BCUT2D eigenvalue weighted by Crippen LogP contribution is -2.38. The van der Waals surface area contributed by atoms with Crippen molar-refractivity contribution in [3.8, 4) is 0 Å². The Hall–Kier alpha value is -1.46. The van der Waals surface area contributed by atoms with Gasteiger partial charge in [0.1, 0.15) is 0 Å². The molecule has 0 aliphatic carbocycles. The number of aromatic nitrogens is 1. The van der Waals surface area contributed by atoms with Gasteiger partial charge in [0, 0.05) is 55.8 Å². The zero-order chi connectivity index (χ0) is 15.6. The normalized spacial score (nSPS) is 28.0. The average Bonchev–Trinajstić information content (AvgIpc) is 3.03. The Kier molecular flexibility index (Phi) is 4.45. The largest absolute Gasteiger partial charge is 0.380 e. The molecule has 1 N–H and O–H groups in total. The van der Waals surface area contributed by atoms with E-state index in [4.69, 9.17) is 4.74 Å². The van der Waals surface area contributed by atoms with Crippen LogP contribution in [0.15, 0.2) is 24.5 Å². The van der Waals surface area contributed by atoms with Crippen molar-refractivity contribution >= 4 is 5.91 Å². The summed E-state index contributed by atoms with van der Waals surface area (Å²) >= 11 is 0. The van der Waals surface area contributed by atoms with Gasteiger partial charge in [-0.3, -0.25) is 14.7 Å². The molecule has 3 heterocycles. The standard InChI is InChI=1S/C17H25N3O2/c1-13(2)20-9-15-10-22-12-17(15,11-20)6-16(21)19-8-14-4-3-5-18-7-14/h3-5,7,13,15H,6,8-12H2,1-2H3,(H,19,21)/t15-,17+/m0/s1. The molecule has 0 saturated carbocycles. The lowest BCUT2D eigenvalue weighted by atomic mass is 9.78. The number of likely N-dealkylation sites (tertiary alicyclic amines) is 1. The van der Waals surface area contributed by atoms with Gasteiger partial charge in [0.2, 0.25) is 5.91 Å². The minimum absolute atomic E-state index is 0.00327. The molecular weight excluding hydrogens is 278 g/mol. The fraction of sp³-hybridized carbons (Fsp3) is 0.647. The van der Waals surface area contributed by atoms with E-state index in [0.717, 1.165) is 25.3 Å². The molecule has 2 atom stereocenters. The van der Waals surface area contributed by atoms with Crippen LogP contribution in [0.3, 0.4) is 0 Å². The molecule has 1 amide bonds. The molecule has 22 heavy (non-hydrogen) atoms. The minimum atomic E-state index is 0.00327. The number of carbonyl (C=O) groups is 1. The second-order valence-electron chi connectivity index (χ2n) is 6.91. The highest BCUT2D eigenvalue weighted by molar-refractivity contribution is 5.77. The number of hydrogen-bond acceptors (Lipinski definition) is 4. The number of fused-ring (bicyclic) bond motifs is 1. The van der Waals surface area contributed by atoms with Gasteiger partial charge in [0.25, 0.3) is 0 Å². The number of pyridine rings is 1. The summed E-state index contributed by atoms with van der Waals surface area (Å²) in [5.41, 5.74) is 1.03. The van der Waals surface area contributed by atoms with Gasteiger partial charge in [0.05, 0.1) is 13.2 Å². The summed E-state index contributed by atoms with van der Waals surface area (Å²) < 4.78 is 5.69. The van der Waals surface area contributed by atoms with Crippen LogP contribution in [0, 0.1) is 11.3 Å². The monoisotopic (exact) mass is 303 g/mol. The van der Waals surface area contributed by atoms with Crippen LogP contribution in [0.4, 0.5) is 0 Å². The molecule has 0 radical (unpaired) electrons. The fourth-order valence-corrected chi connectivity index (χ4v) is 3.60. The van der Waals surface area contributed by atoms with Crippen LogP contribution in [0.5, 0.6) is 0 Å². The van der Waals surface area contributed by atoms with Crippen LogP contribution in [0.2, 0.25) is 0 Å². The second kappa shape index (κ2) is 6.34. The highest BCUT2D eigenvalue weighted by Crippen LogP contribution is 2.44. The quantitative estimate of drug-likeness (QED) is 0.894. The molecule has 2 aliphatic rings. The molecule has 120 valence electrons. The number of ether oxygens (including phenoxy) is 1. The first-order valence-electron chi connectivity index (χ1n) is 8.06. The minimum Gasteiger partial charge on any atom is -0.380 e. The Balaban J connectivity index is 1.58. The third-order valence-electron chi connectivity index (χ3n) is 5.00.